The lowest BCUT2D eigenvalue weighted by atomic mass is 10.2. The molecule has 2 amide bonds. The van der Waals surface area contributed by atoms with Gasteiger partial charge in [-0.05, 0) is 49.2 Å². The van der Waals surface area contributed by atoms with Crippen LogP contribution < -0.4 is 14.8 Å². The first kappa shape index (κ1) is 23.3. The molecule has 0 atom stereocenters. The number of rotatable bonds is 5. The molecular weight excluding hydrogens is 470 g/mol. The van der Waals surface area contributed by atoms with Crippen molar-refractivity contribution >= 4 is 39.1 Å². The van der Waals surface area contributed by atoms with Gasteiger partial charge in [0.05, 0.1) is 10.6 Å². The fourth-order valence-electron chi connectivity index (χ4n) is 3.82. The number of piperazine rings is 1. The standard InChI is InChI=1S/C22H24ClN3O6S/c1-14-9-16(23)3-4-18(14)32-13-22(28)25-5-7-26(8-6-25)33(29,30)20-11-19-17(10-15(20)2)24-21(27)12-31-19/h3-4,9-11H,5-8,12-13H2,1-2H3,(H,24,27). The maximum Gasteiger partial charge on any atom is 0.262 e. The summed E-state index contributed by atoms with van der Waals surface area (Å²) in [6.07, 6.45) is 0. The first-order valence-electron chi connectivity index (χ1n) is 10.4. The highest BCUT2D eigenvalue weighted by atomic mass is 35.5. The average molecular weight is 494 g/mol. The first-order chi connectivity index (χ1) is 15.6. The van der Waals surface area contributed by atoms with Gasteiger partial charge >= 0.3 is 0 Å². The molecule has 2 aliphatic heterocycles. The van der Waals surface area contributed by atoms with Crippen LogP contribution in [0.15, 0.2) is 35.2 Å². The van der Waals surface area contributed by atoms with Crippen LogP contribution >= 0.6 is 11.6 Å². The largest absolute Gasteiger partial charge is 0.483 e. The van der Waals surface area contributed by atoms with E-state index >= 15 is 0 Å². The number of halogens is 1. The van der Waals surface area contributed by atoms with E-state index in [0.29, 0.717) is 27.8 Å². The molecule has 33 heavy (non-hydrogen) atoms. The van der Waals surface area contributed by atoms with Crippen molar-refractivity contribution < 1.29 is 27.5 Å². The first-order valence-corrected chi connectivity index (χ1v) is 12.2. The van der Waals surface area contributed by atoms with Crippen LogP contribution in [0.4, 0.5) is 5.69 Å². The zero-order valence-corrected chi connectivity index (χ0v) is 19.8. The molecule has 0 radical (unpaired) electrons. The van der Waals surface area contributed by atoms with E-state index in [2.05, 4.69) is 5.32 Å². The Kier molecular flexibility index (Phi) is 6.51. The minimum Gasteiger partial charge on any atom is -0.483 e. The van der Waals surface area contributed by atoms with Crippen LogP contribution in [0, 0.1) is 13.8 Å². The summed E-state index contributed by atoms with van der Waals surface area (Å²) in [6.45, 7) is 4.08. The van der Waals surface area contributed by atoms with Gasteiger partial charge in [-0.15, -0.1) is 0 Å². The molecule has 1 fully saturated rings. The van der Waals surface area contributed by atoms with Crippen LogP contribution in [0.2, 0.25) is 5.02 Å². The van der Waals surface area contributed by atoms with E-state index in [-0.39, 0.29) is 56.1 Å². The smallest absolute Gasteiger partial charge is 0.262 e. The van der Waals surface area contributed by atoms with E-state index in [1.54, 1.807) is 36.1 Å². The third-order valence-corrected chi connectivity index (χ3v) is 7.88. The molecule has 2 aliphatic rings. The van der Waals surface area contributed by atoms with E-state index in [4.69, 9.17) is 21.1 Å². The zero-order valence-electron chi connectivity index (χ0n) is 18.3. The second-order valence-corrected chi connectivity index (χ2v) is 10.3. The molecule has 2 aromatic rings. The van der Waals surface area contributed by atoms with Crippen LogP contribution in [0.25, 0.3) is 0 Å². The van der Waals surface area contributed by atoms with Crippen molar-refractivity contribution in [1.29, 1.82) is 0 Å². The van der Waals surface area contributed by atoms with Gasteiger partial charge in [0.25, 0.3) is 11.8 Å². The number of anilines is 1. The Balaban J connectivity index is 1.39. The fourth-order valence-corrected chi connectivity index (χ4v) is 5.69. The van der Waals surface area contributed by atoms with Gasteiger partial charge in [0, 0.05) is 37.3 Å². The number of carbonyl (C=O) groups is 2. The molecule has 2 heterocycles. The molecular formula is C22H24ClN3O6S. The molecule has 0 bridgehead atoms. The predicted octanol–water partition coefficient (Wildman–Crippen LogP) is 2.20. The number of benzene rings is 2. The number of nitrogens with zero attached hydrogens (tertiary/aromatic N) is 2. The quantitative estimate of drug-likeness (QED) is 0.684. The average Bonchev–Trinajstić information content (AvgIpc) is 2.77. The summed E-state index contributed by atoms with van der Waals surface area (Å²) in [5.41, 5.74) is 1.79. The fraction of sp³-hybridized carbons (Fsp3) is 0.364. The molecule has 0 spiro atoms. The van der Waals surface area contributed by atoms with Crippen LogP contribution in [0.5, 0.6) is 11.5 Å². The molecule has 176 valence electrons. The van der Waals surface area contributed by atoms with Gasteiger partial charge in [0.15, 0.2) is 13.2 Å². The highest BCUT2D eigenvalue weighted by Crippen LogP contribution is 2.34. The maximum atomic E-state index is 13.3. The van der Waals surface area contributed by atoms with E-state index in [9.17, 15) is 18.0 Å². The number of sulfonamides is 1. The van der Waals surface area contributed by atoms with E-state index in [1.807, 2.05) is 6.92 Å². The van der Waals surface area contributed by atoms with E-state index in [1.165, 1.54) is 10.4 Å². The number of hydrogen-bond acceptors (Lipinski definition) is 6. The monoisotopic (exact) mass is 493 g/mol. The van der Waals surface area contributed by atoms with Crippen molar-refractivity contribution in [3.63, 3.8) is 0 Å². The van der Waals surface area contributed by atoms with Crippen molar-refractivity contribution in [2.45, 2.75) is 18.7 Å². The summed E-state index contributed by atoms with van der Waals surface area (Å²) < 4.78 is 38.9. The Labute approximate surface area is 197 Å². The lowest BCUT2D eigenvalue weighted by molar-refractivity contribution is -0.134. The van der Waals surface area contributed by atoms with Gasteiger partial charge in [-0.3, -0.25) is 9.59 Å². The number of aryl methyl sites for hydroxylation is 2. The van der Waals surface area contributed by atoms with Crippen LogP contribution in [0.1, 0.15) is 11.1 Å². The minimum absolute atomic E-state index is 0.124. The zero-order chi connectivity index (χ0) is 23.8. The summed E-state index contributed by atoms with van der Waals surface area (Å²) in [5.74, 6) is 0.404. The highest BCUT2D eigenvalue weighted by molar-refractivity contribution is 7.89. The van der Waals surface area contributed by atoms with Gasteiger partial charge in [-0.1, -0.05) is 11.6 Å². The van der Waals surface area contributed by atoms with Gasteiger partial charge in [-0.25, -0.2) is 8.42 Å². The van der Waals surface area contributed by atoms with Crippen LogP contribution in [-0.2, 0) is 19.6 Å². The van der Waals surface area contributed by atoms with Crippen LogP contribution in [0.3, 0.4) is 0 Å². The number of ether oxygens (including phenoxy) is 2. The van der Waals surface area contributed by atoms with Gasteiger partial charge in [0.1, 0.15) is 11.5 Å². The third kappa shape index (κ3) is 4.92. The maximum absolute atomic E-state index is 13.3. The summed E-state index contributed by atoms with van der Waals surface area (Å²) in [5, 5.41) is 3.26. The summed E-state index contributed by atoms with van der Waals surface area (Å²) >= 11 is 5.94. The third-order valence-electron chi connectivity index (χ3n) is 5.61. The molecule has 1 N–H and O–H groups in total. The van der Waals surface area contributed by atoms with Crippen LogP contribution in [-0.4, -0.2) is 68.8 Å². The Morgan fingerprint density at radius 1 is 1.12 bits per heavy atom. The molecule has 4 rings (SSSR count). The Hall–Kier alpha value is -2.82. The number of nitrogens with one attached hydrogen (secondary N) is 1. The normalized spacial score (nSPS) is 16.6. The summed E-state index contributed by atoms with van der Waals surface area (Å²) in [6, 6.07) is 8.20. The molecule has 11 heteroatoms. The Bertz CT molecular complexity index is 1210. The lowest BCUT2D eigenvalue weighted by Crippen LogP contribution is -2.51. The molecule has 2 aromatic carbocycles. The number of hydrogen-bond donors (Lipinski definition) is 1. The molecule has 0 unspecified atom stereocenters. The van der Waals surface area contributed by atoms with Crippen molar-refractivity contribution in [1.82, 2.24) is 9.21 Å². The lowest BCUT2D eigenvalue weighted by Gasteiger charge is -2.34. The minimum atomic E-state index is -3.79. The Morgan fingerprint density at radius 3 is 2.55 bits per heavy atom. The van der Waals surface area contributed by atoms with Crippen molar-refractivity contribution in [3.8, 4) is 11.5 Å². The highest BCUT2D eigenvalue weighted by Gasteiger charge is 2.32. The van der Waals surface area contributed by atoms with Crippen molar-refractivity contribution in [2.24, 2.45) is 0 Å². The molecule has 9 nitrogen and oxygen atoms in total. The van der Waals surface area contributed by atoms with E-state index in [0.717, 1.165) is 5.56 Å². The van der Waals surface area contributed by atoms with E-state index < -0.39 is 10.0 Å². The van der Waals surface area contributed by atoms with Crippen molar-refractivity contribution in [2.75, 3.05) is 44.7 Å². The van der Waals surface area contributed by atoms with Gasteiger partial charge < -0.3 is 19.7 Å². The summed E-state index contributed by atoms with van der Waals surface area (Å²) in [4.78, 5) is 25.8. The molecule has 0 aliphatic carbocycles. The molecule has 0 aromatic heterocycles. The summed E-state index contributed by atoms with van der Waals surface area (Å²) in [7, 11) is -3.79. The second-order valence-electron chi connectivity index (χ2n) is 7.93. The number of amides is 2. The Morgan fingerprint density at radius 2 is 1.85 bits per heavy atom. The number of carbonyl (C=O) groups excluding carboxylic acids is 2. The predicted molar refractivity (Wildman–Crippen MR) is 122 cm³/mol. The van der Waals surface area contributed by atoms with Gasteiger partial charge in [0.2, 0.25) is 10.0 Å². The topological polar surface area (TPSA) is 105 Å². The van der Waals surface area contributed by atoms with Gasteiger partial charge in [-0.2, -0.15) is 4.31 Å². The molecule has 0 saturated carbocycles. The van der Waals surface area contributed by atoms with Crippen molar-refractivity contribution in [3.05, 3.63) is 46.5 Å². The SMILES string of the molecule is Cc1cc(Cl)ccc1OCC(=O)N1CCN(S(=O)(=O)c2cc3c(cc2C)NC(=O)CO3)CC1. The number of fused-ring (bicyclic) bond motifs is 1. The molecule has 1 saturated heterocycles. The second kappa shape index (κ2) is 9.20.